The molecule has 0 radical (unpaired) electrons. The molecule has 1 fully saturated rings. The van der Waals surface area contributed by atoms with Crippen molar-refractivity contribution in [2.75, 3.05) is 52.9 Å². The highest BCUT2D eigenvalue weighted by molar-refractivity contribution is 14.0. The minimum absolute atomic E-state index is 0. The molecule has 1 aliphatic rings. The standard InChI is InChI=1S/C21H36FN5.HI/c1-5-23-21(24-11-10-18-8-6-7-9-19(18)22)25-16-20(17(2)3)27-14-12-26(4)13-15-27;/h6-9,17,20H,5,10-16H2,1-4H3,(H2,23,24,25);1H. The third-order valence-corrected chi connectivity index (χ3v) is 5.20. The van der Waals surface area contributed by atoms with Crippen molar-refractivity contribution in [1.82, 2.24) is 20.4 Å². The van der Waals surface area contributed by atoms with Crippen molar-refractivity contribution < 1.29 is 4.39 Å². The van der Waals surface area contributed by atoms with E-state index >= 15 is 0 Å². The molecule has 0 aliphatic carbocycles. The molecular formula is C21H37FIN5. The van der Waals surface area contributed by atoms with Gasteiger partial charge in [0.25, 0.3) is 0 Å². The van der Waals surface area contributed by atoms with Crippen LogP contribution in [-0.2, 0) is 6.42 Å². The fraction of sp³-hybridized carbons (Fsp3) is 0.667. The number of aliphatic imine (C=N–C) groups is 1. The largest absolute Gasteiger partial charge is 0.357 e. The van der Waals surface area contributed by atoms with Gasteiger partial charge in [0.2, 0.25) is 0 Å². The van der Waals surface area contributed by atoms with E-state index in [2.05, 4.69) is 48.3 Å². The molecule has 0 bridgehead atoms. The van der Waals surface area contributed by atoms with Crippen molar-refractivity contribution in [3.05, 3.63) is 35.6 Å². The predicted octanol–water partition coefficient (Wildman–Crippen LogP) is 2.81. The SMILES string of the molecule is CCNC(=NCC(C(C)C)N1CCN(C)CC1)NCCc1ccccc1F.I. The minimum atomic E-state index is -0.142. The van der Waals surface area contributed by atoms with Crippen molar-refractivity contribution in [3.8, 4) is 0 Å². The number of halogens is 2. The Balaban J connectivity index is 0.00000392. The number of hydrogen-bond acceptors (Lipinski definition) is 3. The quantitative estimate of drug-likeness (QED) is 0.324. The summed E-state index contributed by atoms with van der Waals surface area (Å²) in [6, 6.07) is 7.39. The van der Waals surface area contributed by atoms with Crippen molar-refractivity contribution in [2.24, 2.45) is 10.9 Å². The summed E-state index contributed by atoms with van der Waals surface area (Å²) in [6.07, 6.45) is 0.642. The molecule has 1 saturated heterocycles. The van der Waals surface area contributed by atoms with Crippen molar-refractivity contribution in [3.63, 3.8) is 0 Å². The van der Waals surface area contributed by atoms with Gasteiger partial charge in [-0.05, 0) is 37.9 Å². The summed E-state index contributed by atoms with van der Waals surface area (Å²) in [5.41, 5.74) is 0.735. The number of piperazine rings is 1. The average Bonchev–Trinajstić information content (AvgIpc) is 2.64. The van der Waals surface area contributed by atoms with Gasteiger partial charge in [0.05, 0.1) is 6.54 Å². The number of rotatable bonds is 8. The van der Waals surface area contributed by atoms with Crippen molar-refractivity contribution in [1.29, 1.82) is 0 Å². The van der Waals surface area contributed by atoms with Crippen LogP contribution in [-0.4, -0.2) is 74.7 Å². The van der Waals surface area contributed by atoms with E-state index in [9.17, 15) is 4.39 Å². The second-order valence-electron chi connectivity index (χ2n) is 7.64. The van der Waals surface area contributed by atoms with E-state index in [1.807, 2.05) is 12.1 Å². The minimum Gasteiger partial charge on any atom is -0.357 e. The lowest BCUT2D eigenvalue weighted by Gasteiger charge is -2.39. The first-order chi connectivity index (χ1) is 13.0. The second kappa shape index (κ2) is 13.3. The van der Waals surface area contributed by atoms with Gasteiger partial charge in [-0.2, -0.15) is 0 Å². The molecular weight excluding hydrogens is 468 g/mol. The molecule has 0 aromatic heterocycles. The zero-order chi connectivity index (χ0) is 19.6. The molecule has 2 N–H and O–H groups in total. The molecule has 160 valence electrons. The summed E-state index contributed by atoms with van der Waals surface area (Å²) in [7, 11) is 2.18. The maximum atomic E-state index is 13.8. The van der Waals surface area contributed by atoms with E-state index in [-0.39, 0.29) is 29.8 Å². The normalized spacial score (nSPS) is 17.3. The monoisotopic (exact) mass is 505 g/mol. The van der Waals surface area contributed by atoms with Crippen LogP contribution in [0.2, 0.25) is 0 Å². The molecule has 1 unspecified atom stereocenters. The molecule has 5 nitrogen and oxygen atoms in total. The predicted molar refractivity (Wildman–Crippen MR) is 127 cm³/mol. The zero-order valence-corrected chi connectivity index (χ0v) is 20.1. The summed E-state index contributed by atoms with van der Waals surface area (Å²) in [5.74, 6) is 1.23. The van der Waals surface area contributed by atoms with Gasteiger partial charge >= 0.3 is 0 Å². The number of nitrogens with one attached hydrogen (secondary N) is 2. The lowest BCUT2D eigenvalue weighted by atomic mass is 10.0. The lowest BCUT2D eigenvalue weighted by molar-refractivity contribution is 0.0925. The molecule has 2 rings (SSSR count). The molecule has 1 aromatic carbocycles. The van der Waals surface area contributed by atoms with Crippen LogP contribution in [0.3, 0.4) is 0 Å². The molecule has 1 aliphatic heterocycles. The molecule has 1 heterocycles. The Labute approximate surface area is 187 Å². The fourth-order valence-electron chi connectivity index (χ4n) is 3.44. The van der Waals surface area contributed by atoms with Gasteiger partial charge < -0.3 is 15.5 Å². The van der Waals surface area contributed by atoms with Crippen LogP contribution in [0.5, 0.6) is 0 Å². The van der Waals surface area contributed by atoms with Gasteiger partial charge in [0, 0.05) is 45.3 Å². The molecule has 7 heteroatoms. The maximum Gasteiger partial charge on any atom is 0.191 e. The average molecular weight is 505 g/mol. The topological polar surface area (TPSA) is 42.9 Å². The van der Waals surface area contributed by atoms with Crippen LogP contribution in [0, 0.1) is 11.7 Å². The first-order valence-corrected chi connectivity index (χ1v) is 10.2. The number of nitrogens with zero attached hydrogens (tertiary/aromatic N) is 3. The molecule has 0 saturated carbocycles. The van der Waals surface area contributed by atoms with E-state index in [0.29, 0.717) is 24.9 Å². The fourth-order valence-corrected chi connectivity index (χ4v) is 3.44. The lowest BCUT2D eigenvalue weighted by Crippen LogP contribution is -2.52. The van der Waals surface area contributed by atoms with Gasteiger partial charge in [-0.1, -0.05) is 32.0 Å². The highest BCUT2D eigenvalue weighted by Gasteiger charge is 2.24. The number of benzene rings is 1. The summed E-state index contributed by atoms with van der Waals surface area (Å²) < 4.78 is 13.8. The number of guanidine groups is 1. The highest BCUT2D eigenvalue weighted by Crippen LogP contribution is 2.14. The zero-order valence-electron chi connectivity index (χ0n) is 17.7. The Hall–Kier alpha value is -0.930. The summed E-state index contributed by atoms with van der Waals surface area (Å²) in [4.78, 5) is 9.78. The Morgan fingerprint density at radius 1 is 1.14 bits per heavy atom. The van der Waals surface area contributed by atoms with E-state index < -0.39 is 0 Å². The van der Waals surface area contributed by atoms with Gasteiger partial charge in [-0.3, -0.25) is 9.89 Å². The Morgan fingerprint density at radius 3 is 2.43 bits per heavy atom. The van der Waals surface area contributed by atoms with Crippen LogP contribution < -0.4 is 10.6 Å². The molecule has 0 spiro atoms. The summed E-state index contributed by atoms with van der Waals surface area (Å²) in [5, 5.41) is 6.65. The summed E-state index contributed by atoms with van der Waals surface area (Å²) in [6.45, 7) is 13.3. The van der Waals surface area contributed by atoms with Crippen LogP contribution in [0.25, 0.3) is 0 Å². The Kier molecular flexibility index (Phi) is 11.9. The van der Waals surface area contributed by atoms with Crippen LogP contribution in [0.1, 0.15) is 26.3 Å². The van der Waals surface area contributed by atoms with Crippen LogP contribution >= 0.6 is 24.0 Å². The first kappa shape index (κ1) is 25.1. The van der Waals surface area contributed by atoms with Gasteiger partial charge in [0.15, 0.2) is 5.96 Å². The third-order valence-electron chi connectivity index (χ3n) is 5.20. The van der Waals surface area contributed by atoms with E-state index in [4.69, 9.17) is 4.99 Å². The van der Waals surface area contributed by atoms with Gasteiger partial charge in [-0.15, -0.1) is 24.0 Å². The third kappa shape index (κ3) is 8.21. The Bertz CT molecular complexity index is 588. The van der Waals surface area contributed by atoms with E-state index in [1.165, 1.54) is 6.07 Å². The maximum absolute atomic E-state index is 13.8. The summed E-state index contributed by atoms with van der Waals surface area (Å²) >= 11 is 0. The second-order valence-corrected chi connectivity index (χ2v) is 7.64. The van der Waals surface area contributed by atoms with E-state index in [1.54, 1.807) is 6.07 Å². The highest BCUT2D eigenvalue weighted by atomic mass is 127. The number of likely N-dealkylation sites (N-methyl/N-ethyl adjacent to an activating group) is 1. The van der Waals surface area contributed by atoms with Crippen molar-refractivity contribution >= 4 is 29.9 Å². The smallest absolute Gasteiger partial charge is 0.191 e. The molecule has 1 aromatic rings. The number of hydrogen-bond donors (Lipinski definition) is 2. The van der Waals surface area contributed by atoms with E-state index in [0.717, 1.165) is 50.8 Å². The van der Waals surface area contributed by atoms with Crippen molar-refractivity contribution in [2.45, 2.75) is 33.2 Å². The molecule has 0 amide bonds. The van der Waals surface area contributed by atoms with Crippen LogP contribution in [0.15, 0.2) is 29.3 Å². The van der Waals surface area contributed by atoms with Gasteiger partial charge in [0.1, 0.15) is 5.82 Å². The Morgan fingerprint density at radius 2 is 1.82 bits per heavy atom. The van der Waals surface area contributed by atoms with Gasteiger partial charge in [-0.25, -0.2) is 4.39 Å². The molecule has 28 heavy (non-hydrogen) atoms. The molecule has 1 atom stereocenters. The van der Waals surface area contributed by atoms with Crippen LogP contribution in [0.4, 0.5) is 4.39 Å². The first-order valence-electron chi connectivity index (χ1n) is 10.2.